The average molecular weight is 416 g/mol. The Morgan fingerprint density at radius 1 is 1.00 bits per heavy atom. The molecule has 1 aliphatic rings. The molecular formula is C23H29FN2O4. The molecule has 0 saturated carbocycles. The van der Waals surface area contributed by atoms with Crippen molar-refractivity contribution < 1.29 is 23.4 Å². The van der Waals surface area contributed by atoms with Gasteiger partial charge in [-0.05, 0) is 43.7 Å². The molecular weight excluding hydrogens is 387 g/mol. The molecule has 0 spiro atoms. The van der Waals surface area contributed by atoms with Crippen molar-refractivity contribution in [3.05, 3.63) is 53.8 Å². The van der Waals surface area contributed by atoms with Crippen LogP contribution in [0.2, 0.25) is 0 Å². The van der Waals surface area contributed by atoms with Crippen molar-refractivity contribution in [3.8, 4) is 17.2 Å². The monoisotopic (exact) mass is 416 g/mol. The Hall–Kier alpha value is -2.80. The number of halogens is 1. The van der Waals surface area contributed by atoms with Gasteiger partial charge in [-0.25, -0.2) is 4.39 Å². The van der Waals surface area contributed by atoms with Crippen molar-refractivity contribution in [2.45, 2.75) is 32.5 Å². The van der Waals surface area contributed by atoms with E-state index < -0.39 is 0 Å². The molecule has 7 heteroatoms. The lowest BCUT2D eigenvalue weighted by molar-refractivity contribution is -0.139. The lowest BCUT2D eigenvalue weighted by Crippen LogP contribution is -2.58. The first kappa shape index (κ1) is 21.9. The number of benzene rings is 2. The maximum Gasteiger partial charge on any atom is 0.260 e. The largest absolute Gasteiger partial charge is 0.493 e. The average Bonchev–Trinajstić information content (AvgIpc) is 2.75. The van der Waals surface area contributed by atoms with E-state index in [1.165, 1.54) is 19.2 Å². The molecule has 1 fully saturated rings. The Morgan fingerprint density at radius 2 is 1.70 bits per heavy atom. The van der Waals surface area contributed by atoms with Gasteiger partial charge >= 0.3 is 0 Å². The lowest BCUT2D eigenvalue weighted by atomic mass is 10.1. The fraction of sp³-hybridized carbons (Fsp3) is 0.435. The van der Waals surface area contributed by atoms with Gasteiger partial charge in [-0.15, -0.1) is 0 Å². The number of para-hydroxylation sites is 1. The third-order valence-corrected chi connectivity index (χ3v) is 5.45. The van der Waals surface area contributed by atoms with E-state index in [4.69, 9.17) is 14.2 Å². The van der Waals surface area contributed by atoms with Crippen LogP contribution in [0.4, 0.5) is 4.39 Å². The molecule has 162 valence electrons. The minimum Gasteiger partial charge on any atom is -0.493 e. The van der Waals surface area contributed by atoms with E-state index in [1.54, 1.807) is 37.4 Å². The zero-order valence-electron chi connectivity index (χ0n) is 17.9. The van der Waals surface area contributed by atoms with E-state index in [2.05, 4.69) is 11.8 Å². The summed E-state index contributed by atoms with van der Waals surface area (Å²) in [4.78, 5) is 17.0. The van der Waals surface area contributed by atoms with E-state index in [1.807, 2.05) is 11.8 Å². The Kier molecular flexibility index (Phi) is 7.15. The summed E-state index contributed by atoms with van der Waals surface area (Å²) in [5.41, 5.74) is 1.06. The van der Waals surface area contributed by atoms with Crippen LogP contribution < -0.4 is 14.2 Å². The zero-order valence-corrected chi connectivity index (χ0v) is 17.9. The predicted octanol–water partition coefficient (Wildman–Crippen LogP) is 3.34. The van der Waals surface area contributed by atoms with Gasteiger partial charge in [-0.3, -0.25) is 9.69 Å². The number of hydrogen-bond donors (Lipinski definition) is 0. The Balaban J connectivity index is 1.59. The highest BCUT2D eigenvalue weighted by Gasteiger charge is 2.32. The molecule has 0 radical (unpaired) electrons. The summed E-state index contributed by atoms with van der Waals surface area (Å²) < 4.78 is 29.5. The minimum atomic E-state index is -0.233. The Morgan fingerprint density at radius 3 is 2.37 bits per heavy atom. The van der Waals surface area contributed by atoms with Gasteiger partial charge in [-0.2, -0.15) is 0 Å². The highest BCUT2D eigenvalue weighted by atomic mass is 19.1. The van der Waals surface area contributed by atoms with Crippen molar-refractivity contribution in [2.24, 2.45) is 0 Å². The van der Waals surface area contributed by atoms with E-state index in [0.717, 1.165) is 18.7 Å². The van der Waals surface area contributed by atoms with Crippen molar-refractivity contribution >= 4 is 5.91 Å². The van der Waals surface area contributed by atoms with Crippen LogP contribution in [-0.4, -0.2) is 61.7 Å². The van der Waals surface area contributed by atoms with Gasteiger partial charge in [0.25, 0.3) is 5.91 Å². The molecule has 3 rings (SSSR count). The number of piperazine rings is 1. The van der Waals surface area contributed by atoms with Gasteiger partial charge in [0.15, 0.2) is 18.1 Å². The summed E-state index contributed by atoms with van der Waals surface area (Å²) >= 11 is 0. The van der Waals surface area contributed by atoms with Crippen LogP contribution in [0.3, 0.4) is 0 Å². The molecule has 0 aromatic heterocycles. The smallest absolute Gasteiger partial charge is 0.260 e. The van der Waals surface area contributed by atoms with Gasteiger partial charge in [0.2, 0.25) is 5.75 Å². The normalized spacial score (nSPS) is 19.4. The number of carbonyl (C=O) groups is 1. The van der Waals surface area contributed by atoms with Crippen molar-refractivity contribution in [1.82, 2.24) is 9.80 Å². The van der Waals surface area contributed by atoms with Crippen molar-refractivity contribution in [2.75, 3.05) is 33.9 Å². The quantitative estimate of drug-likeness (QED) is 0.693. The SMILES string of the molecule is COc1cccc(OCC(=O)N2CC(C)N(Cc3ccc(F)cc3)CC2C)c1OC. The van der Waals surface area contributed by atoms with Crippen LogP contribution >= 0.6 is 0 Å². The number of ether oxygens (including phenoxy) is 3. The van der Waals surface area contributed by atoms with Crippen LogP contribution in [0.25, 0.3) is 0 Å². The number of hydrogen-bond acceptors (Lipinski definition) is 5. The van der Waals surface area contributed by atoms with Gasteiger partial charge in [-0.1, -0.05) is 18.2 Å². The van der Waals surface area contributed by atoms with Crippen LogP contribution in [-0.2, 0) is 11.3 Å². The maximum absolute atomic E-state index is 13.1. The number of methoxy groups -OCH3 is 2. The van der Waals surface area contributed by atoms with Crippen LogP contribution in [0.15, 0.2) is 42.5 Å². The number of amides is 1. The molecule has 2 unspecified atom stereocenters. The molecule has 6 nitrogen and oxygen atoms in total. The minimum absolute atomic E-state index is 0.0463. The molecule has 0 aliphatic carbocycles. The second kappa shape index (κ2) is 9.80. The molecule has 0 bridgehead atoms. The summed E-state index contributed by atoms with van der Waals surface area (Å²) in [5.74, 6) is 1.20. The summed E-state index contributed by atoms with van der Waals surface area (Å²) in [6, 6.07) is 12.1. The fourth-order valence-electron chi connectivity index (χ4n) is 3.78. The fourth-order valence-corrected chi connectivity index (χ4v) is 3.78. The van der Waals surface area contributed by atoms with Gasteiger partial charge in [0.05, 0.1) is 14.2 Å². The van der Waals surface area contributed by atoms with Crippen LogP contribution in [0, 0.1) is 5.82 Å². The van der Waals surface area contributed by atoms with Gasteiger partial charge in [0.1, 0.15) is 5.82 Å². The highest BCUT2D eigenvalue weighted by molar-refractivity contribution is 5.78. The summed E-state index contributed by atoms with van der Waals surface area (Å²) in [6.07, 6.45) is 0. The third kappa shape index (κ3) is 5.02. The van der Waals surface area contributed by atoms with Crippen LogP contribution in [0.1, 0.15) is 19.4 Å². The number of nitrogens with zero attached hydrogens (tertiary/aromatic N) is 2. The first-order chi connectivity index (χ1) is 14.4. The molecule has 2 aromatic rings. The summed E-state index contributed by atoms with van der Waals surface area (Å²) in [7, 11) is 3.10. The molecule has 1 saturated heterocycles. The molecule has 2 aromatic carbocycles. The highest BCUT2D eigenvalue weighted by Crippen LogP contribution is 2.36. The topological polar surface area (TPSA) is 51.2 Å². The van der Waals surface area contributed by atoms with Crippen molar-refractivity contribution in [3.63, 3.8) is 0 Å². The first-order valence-corrected chi connectivity index (χ1v) is 10.0. The zero-order chi connectivity index (χ0) is 21.7. The summed E-state index contributed by atoms with van der Waals surface area (Å²) in [5, 5.41) is 0. The number of carbonyl (C=O) groups excluding carboxylic acids is 1. The van der Waals surface area contributed by atoms with E-state index in [9.17, 15) is 9.18 Å². The van der Waals surface area contributed by atoms with Gasteiger partial charge < -0.3 is 19.1 Å². The Bertz CT molecular complexity index is 859. The second-order valence-electron chi connectivity index (χ2n) is 7.58. The predicted molar refractivity (Wildman–Crippen MR) is 112 cm³/mol. The van der Waals surface area contributed by atoms with E-state index in [-0.39, 0.29) is 30.4 Å². The Labute approximate surface area is 177 Å². The standard InChI is InChI=1S/C23H29FN2O4/c1-16-13-26(17(2)12-25(16)14-18-8-10-19(24)11-9-18)22(27)15-30-21-7-5-6-20(28-3)23(21)29-4/h5-11,16-17H,12-15H2,1-4H3. The molecule has 30 heavy (non-hydrogen) atoms. The van der Waals surface area contributed by atoms with E-state index >= 15 is 0 Å². The third-order valence-electron chi connectivity index (χ3n) is 5.45. The first-order valence-electron chi connectivity index (χ1n) is 10.0. The number of rotatable bonds is 7. The lowest BCUT2D eigenvalue weighted by Gasteiger charge is -2.44. The van der Waals surface area contributed by atoms with E-state index in [0.29, 0.717) is 23.8 Å². The molecule has 1 amide bonds. The molecule has 1 aliphatic heterocycles. The summed E-state index contributed by atoms with van der Waals surface area (Å²) in [6.45, 7) is 6.14. The molecule has 1 heterocycles. The molecule has 2 atom stereocenters. The van der Waals surface area contributed by atoms with Crippen molar-refractivity contribution in [1.29, 1.82) is 0 Å². The molecule has 0 N–H and O–H groups in total. The van der Waals surface area contributed by atoms with Crippen LogP contribution in [0.5, 0.6) is 17.2 Å². The van der Waals surface area contributed by atoms with Gasteiger partial charge in [0, 0.05) is 31.7 Å². The maximum atomic E-state index is 13.1. The second-order valence-corrected chi connectivity index (χ2v) is 7.58.